The van der Waals surface area contributed by atoms with Gasteiger partial charge in [0.25, 0.3) is 15.9 Å². The molecule has 30 heavy (non-hydrogen) atoms. The lowest BCUT2D eigenvalue weighted by Gasteiger charge is -2.30. The first-order valence-corrected chi connectivity index (χ1v) is 11.3. The third kappa shape index (κ3) is 3.93. The Bertz CT molecular complexity index is 1190. The van der Waals surface area contributed by atoms with E-state index in [0.29, 0.717) is 17.8 Å². The first kappa shape index (κ1) is 20.1. The quantitative estimate of drug-likeness (QED) is 0.684. The van der Waals surface area contributed by atoms with Crippen molar-refractivity contribution in [1.29, 1.82) is 0 Å². The summed E-state index contributed by atoms with van der Waals surface area (Å²) >= 11 is 0. The second kappa shape index (κ2) is 8.28. The van der Waals surface area contributed by atoms with Crippen molar-refractivity contribution in [2.45, 2.75) is 31.2 Å². The van der Waals surface area contributed by atoms with Crippen molar-refractivity contribution in [1.82, 2.24) is 10.3 Å². The van der Waals surface area contributed by atoms with Gasteiger partial charge in [0.15, 0.2) is 0 Å². The number of nitrogens with one attached hydrogen (secondary N) is 1. The summed E-state index contributed by atoms with van der Waals surface area (Å²) in [5.74, 6) is -0.337. The van der Waals surface area contributed by atoms with Gasteiger partial charge in [0.1, 0.15) is 0 Å². The number of para-hydroxylation sites is 1. The fourth-order valence-corrected chi connectivity index (χ4v) is 5.23. The molecular weight excluding hydrogens is 398 g/mol. The summed E-state index contributed by atoms with van der Waals surface area (Å²) in [5.41, 5.74) is 3.79. The lowest BCUT2D eigenvalue weighted by Crippen LogP contribution is -2.35. The average molecular weight is 422 g/mol. The van der Waals surface area contributed by atoms with Crippen LogP contribution in [0.25, 0.3) is 0 Å². The van der Waals surface area contributed by atoms with Crippen LogP contribution in [0.5, 0.6) is 0 Å². The largest absolute Gasteiger partial charge is 0.346 e. The number of amides is 1. The molecule has 154 valence electrons. The van der Waals surface area contributed by atoms with E-state index in [-0.39, 0.29) is 17.3 Å². The van der Waals surface area contributed by atoms with Crippen LogP contribution in [-0.2, 0) is 23.0 Å². The van der Waals surface area contributed by atoms with Crippen molar-refractivity contribution in [3.63, 3.8) is 0 Å². The number of carbonyl (C=O) groups excluding carboxylic acids is 1. The van der Waals surface area contributed by atoms with Gasteiger partial charge in [-0.15, -0.1) is 0 Å². The van der Waals surface area contributed by atoms with E-state index in [2.05, 4.69) is 10.3 Å². The van der Waals surface area contributed by atoms with Crippen molar-refractivity contribution < 1.29 is 13.2 Å². The molecule has 6 nitrogen and oxygen atoms in total. The Kier molecular flexibility index (Phi) is 5.55. The number of aromatic nitrogens is 1. The number of rotatable bonds is 5. The molecule has 1 aromatic heterocycles. The Balaban J connectivity index is 1.57. The van der Waals surface area contributed by atoms with Crippen LogP contribution in [0.15, 0.2) is 71.8 Å². The highest BCUT2D eigenvalue weighted by Crippen LogP contribution is 2.31. The highest BCUT2D eigenvalue weighted by molar-refractivity contribution is 7.92. The van der Waals surface area contributed by atoms with Gasteiger partial charge in [-0.1, -0.05) is 30.3 Å². The van der Waals surface area contributed by atoms with Gasteiger partial charge >= 0.3 is 0 Å². The molecule has 0 radical (unpaired) electrons. The third-order valence-electron chi connectivity index (χ3n) is 5.29. The fraction of sp³-hybridized carbons (Fsp3) is 0.217. The predicted molar refractivity (Wildman–Crippen MR) is 116 cm³/mol. The molecule has 2 heterocycles. The highest BCUT2D eigenvalue weighted by atomic mass is 32.2. The number of anilines is 1. The first-order valence-electron chi connectivity index (χ1n) is 9.86. The van der Waals surface area contributed by atoms with Crippen LogP contribution in [0, 0.1) is 6.92 Å². The highest BCUT2D eigenvalue weighted by Gasteiger charge is 2.29. The average Bonchev–Trinajstić information content (AvgIpc) is 2.78. The number of benzene rings is 2. The maximum absolute atomic E-state index is 13.3. The molecule has 0 saturated carbocycles. The number of hydrogen-bond donors (Lipinski definition) is 1. The van der Waals surface area contributed by atoms with Crippen LogP contribution in [0.3, 0.4) is 0 Å². The summed E-state index contributed by atoms with van der Waals surface area (Å²) in [6, 6.07) is 17.5. The van der Waals surface area contributed by atoms with E-state index in [9.17, 15) is 13.2 Å². The summed E-state index contributed by atoms with van der Waals surface area (Å²) < 4.78 is 28.1. The van der Waals surface area contributed by atoms with Gasteiger partial charge in [-0.2, -0.15) is 0 Å². The lowest BCUT2D eigenvalue weighted by molar-refractivity contribution is 0.0950. The standard InChI is InChI=1S/C23H23N3O3S/c1-17-7-5-13-24-21(17)16-25-23(27)19-9-4-11-20(15-19)30(28,29)26-14-6-10-18-8-2-3-12-22(18)26/h2-5,7-9,11-13,15H,6,10,14,16H2,1H3,(H,25,27). The van der Waals surface area contributed by atoms with Crippen molar-refractivity contribution in [2.75, 3.05) is 10.8 Å². The van der Waals surface area contributed by atoms with Crippen LogP contribution in [0.2, 0.25) is 0 Å². The van der Waals surface area contributed by atoms with E-state index < -0.39 is 10.0 Å². The van der Waals surface area contributed by atoms with E-state index in [1.807, 2.05) is 43.3 Å². The normalized spacial score (nSPS) is 13.6. The number of aryl methyl sites for hydroxylation is 2. The summed E-state index contributed by atoms with van der Waals surface area (Å²) in [4.78, 5) is 17.0. The van der Waals surface area contributed by atoms with Crippen molar-refractivity contribution in [3.8, 4) is 0 Å². The SMILES string of the molecule is Cc1cccnc1CNC(=O)c1cccc(S(=O)(=O)N2CCCc3ccccc32)c1. The zero-order valence-corrected chi connectivity index (χ0v) is 17.5. The van der Waals surface area contributed by atoms with Crippen LogP contribution in [0.4, 0.5) is 5.69 Å². The Hall–Kier alpha value is -3.19. The molecule has 1 aliphatic rings. The molecule has 0 unspecified atom stereocenters. The van der Waals surface area contributed by atoms with Gasteiger partial charge in [0, 0.05) is 18.3 Å². The van der Waals surface area contributed by atoms with Gasteiger partial charge in [-0.3, -0.25) is 14.1 Å². The van der Waals surface area contributed by atoms with Gasteiger partial charge in [0.2, 0.25) is 0 Å². The van der Waals surface area contributed by atoms with Gasteiger partial charge in [-0.25, -0.2) is 8.42 Å². The minimum absolute atomic E-state index is 0.112. The van der Waals surface area contributed by atoms with E-state index >= 15 is 0 Å². The first-order chi connectivity index (χ1) is 14.5. The van der Waals surface area contributed by atoms with Crippen LogP contribution < -0.4 is 9.62 Å². The molecule has 3 aromatic rings. The van der Waals surface area contributed by atoms with Gasteiger partial charge < -0.3 is 5.32 Å². The number of sulfonamides is 1. The second-order valence-corrected chi connectivity index (χ2v) is 9.15. The zero-order chi connectivity index (χ0) is 21.1. The lowest BCUT2D eigenvalue weighted by atomic mass is 10.0. The molecule has 1 amide bonds. The van der Waals surface area contributed by atoms with Gasteiger partial charge in [-0.05, 0) is 61.2 Å². The molecule has 0 spiro atoms. The van der Waals surface area contributed by atoms with Crippen LogP contribution in [0.1, 0.15) is 33.6 Å². The summed E-state index contributed by atoms with van der Waals surface area (Å²) in [6.07, 6.45) is 3.30. The molecule has 2 aromatic carbocycles. The van der Waals surface area contributed by atoms with Gasteiger partial charge in [0.05, 0.1) is 22.8 Å². The molecule has 0 saturated heterocycles. The van der Waals surface area contributed by atoms with E-state index in [4.69, 9.17) is 0 Å². The molecule has 1 N–H and O–H groups in total. The minimum Gasteiger partial charge on any atom is -0.346 e. The van der Waals surface area contributed by atoms with Crippen molar-refractivity contribution in [3.05, 3.63) is 89.2 Å². The van der Waals surface area contributed by atoms with Crippen molar-refractivity contribution >= 4 is 21.6 Å². The van der Waals surface area contributed by atoms with E-state index in [1.165, 1.54) is 16.4 Å². The monoisotopic (exact) mass is 421 g/mol. The Labute approximate surface area is 176 Å². The minimum atomic E-state index is -3.76. The molecule has 4 rings (SSSR count). The number of hydrogen-bond acceptors (Lipinski definition) is 4. The smallest absolute Gasteiger partial charge is 0.264 e. The number of nitrogens with zero attached hydrogens (tertiary/aromatic N) is 2. The number of fused-ring (bicyclic) bond motifs is 1. The molecule has 0 fully saturated rings. The van der Waals surface area contributed by atoms with Crippen LogP contribution in [-0.4, -0.2) is 25.9 Å². The Morgan fingerprint density at radius 3 is 2.77 bits per heavy atom. The van der Waals surface area contributed by atoms with Crippen molar-refractivity contribution in [2.24, 2.45) is 0 Å². The molecule has 1 aliphatic heterocycles. The predicted octanol–water partition coefficient (Wildman–Crippen LogP) is 3.46. The molecule has 7 heteroatoms. The molecule has 0 bridgehead atoms. The fourth-order valence-electron chi connectivity index (χ4n) is 3.64. The third-order valence-corrected chi connectivity index (χ3v) is 7.10. The van der Waals surface area contributed by atoms with Crippen LogP contribution >= 0.6 is 0 Å². The molecule has 0 atom stereocenters. The summed E-state index contributed by atoms with van der Waals surface area (Å²) in [6.45, 7) is 2.63. The Morgan fingerprint density at radius 1 is 1.10 bits per heavy atom. The van der Waals surface area contributed by atoms with E-state index in [1.54, 1.807) is 18.3 Å². The Morgan fingerprint density at radius 2 is 1.93 bits per heavy atom. The topological polar surface area (TPSA) is 79.4 Å². The summed E-state index contributed by atoms with van der Waals surface area (Å²) in [5, 5.41) is 2.82. The van der Waals surface area contributed by atoms with E-state index in [0.717, 1.165) is 29.7 Å². The molecular formula is C23H23N3O3S. The zero-order valence-electron chi connectivity index (χ0n) is 16.7. The summed E-state index contributed by atoms with van der Waals surface area (Å²) in [7, 11) is -3.76. The number of pyridine rings is 1. The maximum Gasteiger partial charge on any atom is 0.264 e. The maximum atomic E-state index is 13.3. The second-order valence-electron chi connectivity index (χ2n) is 7.29. The molecule has 0 aliphatic carbocycles. The number of carbonyl (C=O) groups is 1.